The summed E-state index contributed by atoms with van der Waals surface area (Å²) in [6.45, 7) is 2.94. The Labute approximate surface area is 200 Å². The van der Waals surface area contributed by atoms with Crippen molar-refractivity contribution in [1.29, 1.82) is 0 Å². The smallest absolute Gasteiger partial charge is 0.233 e. The van der Waals surface area contributed by atoms with Gasteiger partial charge in [-0.1, -0.05) is 11.6 Å². The van der Waals surface area contributed by atoms with Crippen LogP contribution in [0.4, 0.5) is 10.1 Å². The molecule has 1 fully saturated rings. The van der Waals surface area contributed by atoms with Gasteiger partial charge in [-0.2, -0.15) is 0 Å². The van der Waals surface area contributed by atoms with Crippen LogP contribution in [0, 0.1) is 5.82 Å². The SMILES string of the molecule is COc1ccc([C@@H](O)c2cc(-c3ncnc4cc(N5CCOCC5)ccc34)c(F)cc2Cl)nn1. The van der Waals surface area contributed by atoms with Gasteiger partial charge >= 0.3 is 0 Å². The fourth-order valence-electron chi connectivity index (χ4n) is 3.98. The summed E-state index contributed by atoms with van der Waals surface area (Å²) < 4.78 is 25.5. The molecular formula is C24H21ClFN5O3. The fourth-order valence-corrected chi connectivity index (χ4v) is 4.23. The summed E-state index contributed by atoms with van der Waals surface area (Å²) in [5.41, 5.74) is 2.85. The molecule has 1 N–H and O–H groups in total. The summed E-state index contributed by atoms with van der Waals surface area (Å²) in [7, 11) is 1.47. The molecule has 0 amide bonds. The van der Waals surface area contributed by atoms with E-state index >= 15 is 4.39 Å². The normalized spacial score (nSPS) is 14.9. The highest BCUT2D eigenvalue weighted by molar-refractivity contribution is 6.31. The van der Waals surface area contributed by atoms with Gasteiger partial charge < -0.3 is 19.5 Å². The fraction of sp³-hybridized carbons (Fsp3) is 0.250. The first kappa shape index (κ1) is 22.4. The molecule has 0 spiro atoms. The van der Waals surface area contributed by atoms with Gasteiger partial charge in [0.2, 0.25) is 5.88 Å². The average Bonchev–Trinajstić information content (AvgIpc) is 2.88. The molecule has 2 aromatic heterocycles. The summed E-state index contributed by atoms with van der Waals surface area (Å²) in [5, 5.41) is 19.5. The van der Waals surface area contributed by atoms with E-state index in [1.165, 1.54) is 25.6 Å². The third kappa shape index (κ3) is 4.25. The van der Waals surface area contributed by atoms with Crippen LogP contribution in [-0.2, 0) is 4.74 Å². The molecule has 8 nitrogen and oxygen atoms in total. The Bertz CT molecular complexity index is 1330. The number of hydrogen-bond donors (Lipinski definition) is 1. The molecule has 1 aliphatic heterocycles. The van der Waals surface area contributed by atoms with Gasteiger partial charge in [-0.05, 0) is 36.4 Å². The number of anilines is 1. The van der Waals surface area contributed by atoms with Crippen LogP contribution >= 0.6 is 11.6 Å². The van der Waals surface area contributed by atoms with Gasteiger partial charge in [0.1, 0.15) is 18.2 Å². The molecule has 0 bridgehead atoms. The highest BCUT2D eigenvalue weighted by atomic mass is 35.5. The molecule has 3 heterocycles. The first-order valence-corrected chi connectivity index (χ1v) is 11.1. The number of ether oxygens (including phenoxy) is 2. The van der Waals surface area contributed by atoms with E-state index in [4.69, 9.17) is 21.1 Å². The third-order valence-electron chi connectivity index (χ3n) is 5.78. The van der Waals surface area contributed by atoms with Crippen LogP contribution in [0.25, 0.3) is 22.2 Å². The number of aromatic nitrogens is 4. The van der Waals surface area contributed by atoms with E-state index in [1.54, 1.807) is 12.1 Å². The number of morpholine rings is 1. The van der Waals surface area contributed by atoms with Crippen LogP contribution in [0.3, 0.4) is 0 Å². The van der Waals surface area contributed by atoms with Gasteiger partial charge in [-0.15, -0.1) is 10.2 Å². The van der Waals surface area contributed by atoms with E-state index in [-0.39, 0.29) is 21.8 Å². The minimum Gasteiger partial charge on any atom is -0.480 e. The minimum absolute atomic E-state index is 0.0688. The molecule has 34 heavy (non-hydrogen) atoms. The number of aliphatic hydroxyl groups is 1. The third-order valence-corrected chi connectivity index (χ3v) is 6.11. The van der Waals surface area contributed by atoms with Crippen molar-refractivity contribution in [1.82, 2.24) is 20.2 Å². The first-order chi connectivity index (χ1) is 16.5. The Morgan fingerprint density at radius 2 is 1.91 bits per heavy atom. The van der Waals surface area contributed by atoms with Gasteiger partial charge in [0, 0.05) is 46.4 Å². The molecule has 1 saturated heterocycles. The molecule has 174 valence electrons. The maximum Gasteiger partial charge on any atom is 0.233 e. The van der Waals surface area contributed by atoms with Crippen LogP contribution in [0.5, 0.6) is 5.88 Å². The van der Waals surface area contributed by atoms with E-state index in [0.29, 0.717) is 35.7 Å². The van der Waals surface area contributed by atoms with Crippen LogP contribution in [0.1, 0.15) is 17.4 Å². The van der Waals surface area contributed by atoms with Crippen molar-refractivity contribution in [2.45, 2.75) is 6.10 Å². The predicted molar refractivity (Wildman–Crippen MR) is 126 cm³/mol. The first-order valence-electron chi connectivity index (χ1n) is 10.7. The summed E-state index contributed by atoms with van der Waals surface area (Å²) in [6.07, 6.45) is 0.186. The minimum atomic E-state index is -1.22. The highest BCUT2D eigenvalue weighted by Crippen LogP contribution is 2.36. The van der Waals surface area contributed by atoms with E-state index in [2.05, 4.69) is 25.1 Å². The predicted octanol–water partition coefficient (Wildman–Crippen LogP) is 3.81. The number of rotatable bonds is 5. The Balaban J connectivity index is 1.55. The van der Waals surface area contributed by atoms with Crippen LogP contribution in [-0.4, -0.2) is 58.7 Å². The number of aliphatic hydroxyl groups excluding tert-OH is 1. The average molecular weight is 482 g/mol. The Morgan fingerprint density at radius 3 is 2.65 bits per heavy atom. The quantitative estimate of drug-likeness (QED) is 0.460. The van der Waals surface area contributed by atoms with Crippen molar-refractivity contribution in [2.24, 2.45) is 0 Å². The number of methoxy groups -OCH3 is 1. The van der Waals surface area contributed by atoms with E-state index < -0.39 is 11.9 Å². The molecule has 2 aromatic carbocycles. The van der Waals surface area contributed by atoms with Gasteiger partial charge in [-0.3, -0.25) is 0 Å². The van der Waals surface area contributed by atoms with E-state index in [0.717, 1.165) is 18.8 Å². The lowest BCUT2D eigenvalue weighted by Crippen LogP contribution is -2.36. The maximum absolute atomic E-state index is 15.1. The lowest BCUT2D eigenvalue weighted by Gasteiger charge is -2.29. The van der Waals surface area contributed by atoms with Gasteiger partial charge in [0.05, 0.1) is 37.2 Å². The summed E-state index contributed by atoms with van der Waals surface area (Å²) in [6, 6.07) is 11.6. The monoisotopic (exact) mass is 481 g/mol. The van der Waals surface area contributed by atoms with E-state index in [9.17, 15) is 5.11 Å². The number of fused-ring (bicyclic) bond motifs is 1. The molecule has 10 heteroatoms. The van der Waals surface area contributed by atoms with Crippen molar-refractivity contribution < 1.29 is 19.0 Å². The van der Waals surface area contributed by atoms with Crippen molar-refractivity contribution >= 4 is 28.2 Å². The number of benzene rings is 2. The molecule has 0 unspecified atom stereocenters. The van der Waals surface area contributed by atoms with Gasteiger partial charge in [0.25, 0.3) is 0 Å². The summed E-state index contributed by atoms with van der Waals surface area (Å²) >= 11 is 6.30. The van der Waals surface area contributed by atoms with Crippen molar-refractivity contribution in [3.8, 4) is 17.1 Å². The summed E-state index contributed by atoms with van der Waals surface area (Å²) in [5.74, 6) is -0.246. The summed E-state index contributed by atoms with van der Waals surface area (Å²) in [4.78, 5) is 11.0. The Hall–Kier alpha value is -3.40. The van der Waals surface area contributed by atoms with Gasteiger partial charge in [-0.25, -0.2) is 14.4 Å². The molecule has 0 aliphatic carbocycles. The number of nitrogens with zero attached hydrogens (tertiary/aromatic N) is 5. The van der Waals surface area contributed by atoms with Crippen LogP contribution in [0.2, 0.25) is 5.02 Å². The lowest BCUT2D eigenvalue weighted by atomic mass is 9.99. The molecule has 0 radical (unpaired) electrons. The van der Waals surface area contributed by atoms with Crippen LogP contribution in [0.15, 0.2) is 48.8 Å². The second-order valence-electron chi connectivity index (χ2n) is 7.78. The zero-order chi connectivity index (χ0) is 23.7. The number of halogens is 2. The molecule has 4 aromatic rings. The van der Waals surface area contributed by atoms with E-state index in [1.807, 2.05) is 18.2 Å². The maximum atomic E-state index is 15.1. The molecule has 5 rings (SSSR count). The van der Waals surface area contributed by atoms with Crippen molar-refractivity contribution in [2.75, 3.05) is 38.3 Å². The molecule has 1 atom stereocenters. The zero-order valence-electron chi connectivity index (χ0n) is 18.3. The van der Waals surface area contributed by atoms with Gasteiger partial charge in [0.15, 0.2) is 0 Å². The Kier molecular flexibility index (Phi) is 6.23. The lowest BCUT2D eigenvalue weighted by molar-refractivity contribution is 0.122. The molecule has 0 saturated carbocycles. The van der Waals surface area contributed by atoms with Crippen molar-refractivity contribution in [3.05, 3.63) is 70.9 Å². The highest BCUT2D eigenvalue weighted by Gasteiger charge is 2.22. The molecular weight excluding hydrogens is 461 g/mol. The molecule has 1 aliphatic rings. The zero-order valence-corrected chi connectivity index (χ0v) is 19.0. The number of hydrogen-bond acceptors (Lipinski definition) is 8. The standard InChI is InChI=1S/C24H21ClFN5O3/c1-33-22-5-4-20(29-30-22)24(32)16-11-17(19(26)12-18(16)25)23-15-3-2-14(10-21(15)27-13-28-23)31-6-8-34-9-7-31/h2-5,10-13,24,32H,6-9H2,1H3/t24-/m0/s1. The van der Waals surface area contributed by atoms with Crippen molar-refractivity contribution in [3.63, 3.8) is 0 Å². The second kappa shape index (κ2) is 9.46. The largest absolute Gasteiger partial charge is 0.480 e. The Morgan fingerprint density at radius 1 is 1.09 bits per heavy atom. The second-order valence-corrected chi connectivity index (χ2v) is 8.19. The van der Waals surface area contributed by atoms with Crippen LogP contribution < -0.4 is 9.64 Å². The topological polar surface area (TPSA) is 93.5 Å².